The second-order valence-electron chi connectivity index (χ2n) is 6.10. The SMILES string of the molecule is Cl.Cl.Oc1c(F)cc(Br)cc1[C@@H](C1CCCC1)N1CCNCC1. The number of nitrogens with zero attached hydrogens (tertiary/aromatic N) is 1. The predicted octanol–water partition coefficient (Wildman–Crippen LogP) is 4.27. The van der Waals surface area contributed by atoms with Gasteiger partial charge in [0.1, 0.15) is 0 Å². The average molecular weight is 430 g/mol. The van der Waals surface area contributed by atoms with Crippen molar-refractivity contribution in [3.05, 3.63) is 28.0 Å². The number of phenols is 1. The highest BCUT2D eigenvalue weighted by Gasteiger charge is 2.34. The van der Waals surface area contributed by atoms with E-state index in [4.69, 9.17) is 0 Å². The number of hydrogen-bond donors (Lipinski definition) is 2. The number of aromatic hydroxyl groups is 1. The quantitative estimate of drug-likeness (QED) is 0.752. The first-order chi connectivity index (χ1) is 10.2. The van der Waals surface area contributed by atoms with Gasteiger partial charge < -0.3 is 10.4 Å². The van der Waals surface area contributed by atoms with Crippen molar-refractivity contribution in [3.8, 4) is 5.75 Å². The number of piperazine rings is 1. The van der Waals surface area contributed by atoms with Gasteiger partial charge in [-0.05, 0) is 30.9 Å². The summed E-state index contributed by atoms with van der Waals surface area (Å²) < 4.78 is 14.6. The van der Waals surface area contributed by atoms with E-state index in [0.717, 1.165) is 31.7 Å². The zero-order chi connectivity index (χ0) is 14.8. The lowest BCUT2D eigenvalue weighted by Gasteiger charge is -2.39. The standard InChI is InChI=1S/C16H22BrFN2O.2ClH/c17-12-9-13(16(21)14(18)10-12)15(11-3-1-2-4-11)20-7-5-19-6-8-20;;/h9-11,15,19,21H,1-8H2;2*1H/t15-;;/m1../s1. The maximum Gasteiger partial charge on any atom is 0.166 e. The van der Waals surface area contributed by atoms with Crippen LogP contribution in [0.25, 0.3) is 0 Å². The van der Waals surface area contributed by atoms with Crippen LogP contribution < -0.4 is 5.32 Å². The molecule has 1 saturated carbocycles. The summed E-state index contributed by atoms with van der Waals surface area (Å²) in [5.74, 6) is -0.186. The fraction of sp³-hybridized carbons (Fsp3) is 0.625. The van der Waals surface area contributed by atoms with E-state index in [1.54, 1.807) is 0 Å². The van der Waals surface area contributed by atoms with Crippen molar-refractivity contribution in [2.45, 2.75) is 31.7 Å². The summed E-state index contributed by atoms with van der Waals surface area (Å²) in [6, 6.07) is 3.35. The molecule has 2 N–H and O–H groups in total. The van der Waals surface area contributed by atoms with Crippen molar-refractivity contribution in [1.29, 1.82) is 0 Å². The molecule has 0 bridgehead atoms. The van der Waals surface area contributed by atoms with E-state index in [0.29, 0.717) is 10.4 Å². The third-order valence-corrected chi connectivity index (χ3v) is 5.23. The highest BCUT2D eigenvalue weighted by molar-refractivity contribution is 9.10. The molecule has 3 nitrogen and oxygen atoms in total. The van der Waals surface area contributed by atoms with Crippen molar-refractivity contribution in [1.82, 2.24) is 10.2 Å². The summed E-state index contributed by atoms with van der Waals surface area (Å²) in [5.41, 5.74) is 0.746. The number of rotatable bonds is 3. The lowest BCUT2D eigenvalue weighted by molar-refractivity contribution is 0.122. The van der Waals surface area contributed by atoms with Crippen LogP contribution in [0.5, 0.6) is 5.75 Å². The molecule has 0 amide bonds. The Kier molecular flexibility index (Phi) is 8.59. The van der Waals surface area contributed by atoms with Crippen molar-refractivity contribution >= 4 is 40.7 Å². The van der Waals surface area contributed by atoms with Crippen LogP contribution in [0.15, 0.2) is 16.6 Å². The normalized spacial score (nSPS) is 20.6. The van der Waals surface area contributed by atoms with Crippen LogP contribution in [0.1, 0.15) is 37.3 Å². The minimum absolute atomic E-state index is 0. The van der Waals surface area contributed by atoms with Crippen LogP contribution in [0.2, 0.25) is 0 Å². The van der Waals surface area contributed by atoms with E-state index in [-0.39, 0.29) is 36.6 Å². The van der Waals surface area contributed by atoms with Crippen LogP contribution in [0.4, 0.5) is 4.39 Å². The van der Waals surface area contributed by atoms with E-state index in [1.165, 1.54) is 31.7 Å². The van der Waals surface area contributed by atoms with Gasteiger partial charge in [-0.1, -0.05) is 28.8 Å². The molecule has 1 heterocycles. The van der Waals surface area contributed by atoms with Crippen LogP contribution in [-0.2, 0) is 0 Å². The van der Waals surface area contributed by atoms with Gasteiger partial charge in [-0.15, -0.1) is 24.8 Å². The van der Waals surface area contributed by atoms with Gasteiger partial charge in [0.05, 0.1) is 0 Å². The second-order valence-corrected chi connectivity index (χ2v) is 7.02. The molecular formula is C16H24BrCl2FN2O. The summed E-state index contributed by atoms with van der Waals surface area (Å²) in [6.07, 6.45) is 4.82. The summed E-state index contributed by atoms with van der Waals surface area (Å²) in [4.78, 5) is 2.41. The molecule has 132 valence electrons. The molecule has 23 heavy (non-hydrogen) atoms. The van der Waals surface area contributed by atoms with Gasteiger partial charge in [0, 0.05) is 42.3 Å². The molecule has 1 aliphatic heterocycles. The predicted molar refractivity (Wildman–Crippen MR) is 99.4 cm³/mol. The second kappa shape index (κ2) is 9.42. The van der Waals surface area contributed by atoms with E-state index in [1.807, 2.05) is 6.07 Å². The average Bonchev–Trinajstić information content (AvgIpc) is 2.99. The van der Waals surface area contributed by atoms with Crippen molar-refractivity contribution in [2.75, 3.05) is 26.2 Å². The Morgan fingerprint density at radius 2 is 1.78 bits per heavy atom. The van der Waals surface area contributed by atoms with Crippen molar-refractivity contribution in [3.63, 3.8) is 0 Å². The highest BCUT2D eigenvalue weighted by atomic mass is 79.9. The fourth-order valence-electron chi connectivity index (χ4n) is 3.79. The first-order valence-electron chi connectivity index (χ1n) is 7.79. The number of nitrogens with one attached hydrogen (secondary N) is 1. The zero-order valence-corrected chi connectivity index (χ0v) is 16.2. The molecule has 7 heteroatoms. The summed E-state index contributed by atoms with van der Waals surface area (Å²) in [6.45, 7) is 3.82. The molecule has 0 aromatic heterocycles. The number of halogens is 4. The van der Waals surface area contributed by atoms with Gasteiger partial charge in [0.15, 0.2) is 11.6 Å². The molecule has 0 radical (unpaired) electrons. The number of hydrogen-bond acceptors (Lipinski definition) is 3. The maximum atomic E-state index is 13.9. The molecule has 2 fully saturated rings. The van der Waals surface area contributed by atoms with Crippen LogP contribution in [0.3, 0.4) is 0 Å². The molecule has 0 unspecified atom stereocenters. The van der Waals surface area contributed by atoms with Crippen molar-refractivity contribution in [2.24, 2.45) is 5.92 Å². The zero-order valence-electron chi connectivity index (χ0n) is 12.9. The number of phenolic OH excluding ortho intramolecular Hbond substituents is 1. The van der Waals surface area contributed by atoms with Gasteiger partial charge in [0.25, 0.3) is 0 Å². The Morgan fingerprint density at radius 3 is 2.39 bits per heavy atom. The minimum atomic E-state index is -0.530. The molecule has 1 atom stereocenters. The molecule has 1 aromatic rings. The molecule has 0 spiro atoms. The van der Waals surface area contributed by atoms with Gasteiger partial charge >= 0.3 is 0 Å². The van der Waals surface area contributed by atoms with Crippen molar-refractivity contribution < 1.29 is 9.50 Å². The Labute approximate surface area is 158 Å². The topological polar surface area (TPSA) is 35.5 Å². The maximum absolute atomic E-state index is 13.9. The summed E-state index contributed by atoms with van der Waals surface area (Å²) in [7, 11) is 0. The fourth-order valence-corrected chi connectivity index (χ4v) is 4.24. The van der Waals surface area contributed by atoms with Crippen LogP contribution >= 0.6 is 40.7 Å². The van der Waals surface area contributed by atoms with Gasteiger partial charge in [-0.3, -0.25) is 4.90 Å². The van der Waals surface area contributed by atoms with Crippen LogP contribution in [0, 0.1) is 11.7 Å². The molecule has 3 rings (SSSR count). The molecular weight excluding hydrogens is 406 g/mol. The Hall–Kier alpha value is -0.0700. The summed E-state index contributed by atoms with van der Waals surface area (Å²) >= 11 is 3.37. The molecule has 1 saturated heterocycles. The molecule has 2 aliphatic rings. The third kappa shape index (κ3) is 4.73. The van der Waals surface area contributed by atoms with Gasteiger partial charge in [0.2, 0.25) is 0 Å². The lowest BCUT2D eigenvalue weighted by Crippen LogP contribution is -2.46. The first kappa shape index (κ1) is 21.0. The Balaban J connectivity index is 0.00000132. The van der Waals surface area contributed by atoms with E-state index in [2.05, 4.69) is 26.1 Å². The number of benzene rings is 1. The monoisotopic (exact) mass is 428 g/mol. The van der Waals surface area contributed by atoms with E-state index < -0.39 is 5.82 Å². The molecule has 1 aliphatic carbocycles. The Morgan fingerprint density at radius 1 is 1.17 bits per heavy atom. The van der Waals surface area contributed by atoms with Crippen LogP contribution in [-0.4, -0.2) is 36.2 Å². The highest BCUT2D eigenvalue weighted by Crippen LogP contribution is 2.43. The first-order valence-corrected chi connectivity index (χ1v) is 8.59. The van der Waals surface area contributed by atoms with E-state index >= 15 is 0 Å². The molecule has 1 aromatic carbocycles. The lowest BCUT2D eigenvalue weighted by atomic mass is 9.89. The smallest absolute Gasteiger partial charge is 0.166 e. The summed E-state index contributed by atoms with van der Waals surface area (Å²) in [5, 5.41) is 13.6. The third-order valence-electron chi connectivity index (χ3n) is 4.77. The van der Waals surface area contributed by atoms with Gasteiger partial charge in [-0.2, -0.15) is 0 Å². The van der Waals surface area contributed by atoms with E-state index in [9.17, 15) is 9.50 Å². The minimum Gasteiger partial charge on any atom is -0.505 e. The largest absolute Gasteiger partial charge is 0.505 e. The van der Waals surface area contributed by atoms with Gasteiger partial charge in [-0.25, -0.2) is 4.39 Å². The Bertz CT molecular complexity index is 509.